The highest BCUT2D eigenvalue weighted by molar-refractivity contribution is 5.96. The fourth-order valence-electron chi connectivity index (χ4n) is 4.92. The maximum absolute atomic E-state index is 12.5. The number of rotatable bonds is 3. The average molecular weight is 328 g/mol. The smallest absolute Gasteiger partial charge is 0.219 e. The van der Waals surface area contributed by atoms with Crippen LogP contribution in [0.1, 0.15) is 62.5 Å². The van der Waals surface area contributed by atoms with E-state index in [4.69, 9.17) is 9.72 Å². The molecule has 0 radical (unpaired) electrons. The molecule has 2 saturated carbocycles. The Bertz CT molecular complexity index is 713. The van der Waals surface area contributed by atoms with Crippen LogP contribution in [0, 0.1) is 17.8 Å². The Morgan fingerprint density at radius 1 is 1.25 bits per heavy atom. The second-order valence-electron chi connectivity index (χ2n) is 7.89. The summed E-state index contributed by atoms with van der Waals surface area (Å²) in [5, 5.41) is 0. The van der Waals surface area contributed by atoms with Crippen LogP contribution in [0.5, 0.6) is 5.88 Å². The first-order valence-corrected chi connectivity index (χ1v) is 8.94. The summed E-state index contributed by atoms with van der Waals surface area (Å²) >= 11 is 0. The second kappa shape index (κ2) is 5.36. The number of hydrogen-bond acceptors (Lipinski definition) is 5. The van der Waals surface area contributed by atoms with Gasteiger partial charge in [0.2, 0.25) is 5.88 Å². The fourth-order valence-corrected chi connectivity index (χ4v) is 4.92. The Morgan fingerprint density at radius 2 is 2.00 bits per heavy atom. The van der Waals surface area contributed by atoms with E-state index in [1.807, 2.05) is 6.92 Å². The van der Waals surface area contributed by atoms with E-state index >= 15 is 0 Å². The number of aromatic nitrogens is 2. The number of Topliss-reactive ketones (excluding diaryl/α,β-unsaturated/α-hetero) is 1. The lowest BCUT2D eigenvalue weighted by molar-refractivity contribution is -0.137. The molecular weight excluding hydrogens is 304 g/mol. The molecule has 4 rings (SSSR count). The van der Waals surface area contributed by atoms with Gasteiger partial charge in [-0.05, 0) is 38.0 Å². The number of ether oxygens (including phenoxy) is 1. The molecule has 1 unspecified atom stereocenters. The molecule has 0 bridgehead atoms. The lowest BCUT2D eigenvalue weighted by atomic mass is 9.54. The highest BCUT2D eigenvalue weighted by atomic mass is 16.5. The largest absolute Gasteiger partial charge is 0.481 e. The lowest BCUT2D eigenvalue weighted by Crippen LogP contribution is -2.51. The number of carbonyl (C=O) groups is 2. The third kappa shape index (κ3) is 2.13. The van der Waals surface area contributed by atoms with E-state index in [2.05, 4.69) is 11.9 Å². The molecule has 1 heterocycles. The molecule has 0 saturated heterocycles. The van der Waals surface area contributed by atoms with E-state index in [1.165, 1.54) is 0 Å². The number of ketones is 1. The Morgan fingerprint density at radius 3 is 2.62 bits per heavy atom. The highest BCUT2D eigenvalue weighted by Crippen LogP contribution is 2.53. The zero-order chi connectivity index (χ0) is 17.1. The van der Waals surface area contributed by atoms with Gasteiger partial charge in [0.05, 0.1) is 18.7 Å². The van der Waals surface area contributed by atoms with E-state index in [0.717, 1.165) is 49.1 Å². The molecule has 5 nitrogen and oxygen atoms in total. The van der Waals surface area contributed by atoms with E-state index in [0.29, 0.717) is 18.2 Å². The second-order valence-corrected chi connectivity index (χ2v) is 7.89. The minimum Gasteiger partial charge on any atom is -0.481 e. The monoisotopic (exact) mass is 328 g/mol. The summed E-state index contributed by atoms with van der Waals surface area (Å²) in [6.45, 7) is 4.16. The van der Waals surface area contributed by atoms with Gasteiger partial charge in [-0.3, -0.25) is 4.79 Å². The average Bonchev–Trinajstić information content (AvgIpc) is 3.42. The summed E-state index contributed by atoms with van der Waals surface area (Å²) in [4.78, 5) is 33.5. The standard InChI is InChI=1S/C19H24N2O3/c1-10-14-7-6-13-16(19(14,2)8-12(9-22)15(10)23)20-17(11-4-5-11)21-18(13)24-3/h9-12,14H,4-8H2,1-3H3/t10-,12?,14-,19-/m0/s1. The lowest BCUT2D eigenvalue weighted by Gasteiger charge is -2.49. The van der Waals surface area contributed by atoms with Gasteiger partial charge in [-0.2, -0.15) is 4.98 Å². The van der Waals surface area contributed by atoms with Crippen LogP contribution in [0.4, 0.5) is 0 Å². The molecule has 1 aromatic rings. The minimum atomic E-state index is -0.516. The number of carbonyl (C=O) groups excluding carboxylic acids is 2. The van der Waals surface area contributed by atoms with Gasteiger partial charge in [0, 0.05) is 22.8 Å². The predicted octanol–water partition coefficient (Wildman–Crippen LogP) is 2.61. The summed E-state index contributed by atoms with van der Waals surface area (Å²) in [5.41, 5.74) is 1.84. The topological polar surface area (TPSA) is 69.2 Å². The van der Waals surface area contributed by atoms with Gasteiger partial charge in [-0.25, -0.2) is 4.98 Å². The van der Waals surface area contributed by atoms with Crippen molar-refractivity contribution in [2.45, 2.75) is 57.3 Å². The van der Waals surface area contributed by atoms with Crippen molar-refractivity contribution in [3.05, 3.63) is 17.1 Å². The Hall–Kier alpha value is -1.78. The molecule has 0 aliphatic heterocycles. The van der Waals surface area contributed by atoms with Crippen molar-refractivity contribution < 1.29 is 14.3 Å². The Kier molecular flexibility index (Phi) is 3.52. The maximum atomic E-state index is 12.5. The summed E-state index contributed by atoms with van der Waals surface area (Å²) in [5.74, 6) is 1.72. The van der Waals surface area contributed by atoms with E-state index < -0.39 is 5.92 Å². The van der Waals surface area contributed by atoms with Gasteiger partial charge in [0.1, 0.15) is 17.9 Å². The van der Waals surface area contributed by atoms with Crippen molar-refractivity contribution in [2.75, 3.05) is 7.11 Å². The molecule has 1 aromatic heterocycles. The molecule has 0 aromatic carbocycles. The Labute approximate surface area is 142 Å². The fraction of sp³-hybridized carbons (Fsp3) is 0.684. The van der Waals surface area contributed by atoms with Gasteiger partial charge >= 0.3 is 0 Å². The summed E-state index contributed by atoms with van der Waals surface area (Å²) in [7, 11) is 1.66. The zero-order valence-corrected chi connectivity index (χ0v) is 14.5. The molecule has 3 aliphatic carbocycles. The molecule has 0 N–H and O–H groups in total. The highest BCUT2D eigenvalue weighted by Gasteiger charge is 2.53. The van der Waals surface area contributed by atoms with Crippen molar-refractivity contribution in [2.24, 2.45) is 17.8 Å². The van der Waals surface area contributed by atoms with E-state index in [1.54, 1.807) is 7.11 Å². The SMILES string of the molecule is COc1nc(C2CC2)nc2c1CC[C@H]1[C@H](C)C(=O)C(C=O)C[C@]21C. The van der Waals surface area contributed by atoms with Crippen LogP contribution >= 0.6 is 0 Å². The minimum absolute atomic E-state index is 0.0966. The first-order valence-electron chi connectivity index (χ1n) is 8.94. The third-order valence-electron chi connectivity index (χ3n) is 6.41. The molecule has 3 aliphatic rings. The Balaban J connectivity index is 1.86. The predicted molar refractivity (Wildman–Crippen MR) is 88.1 cm³/mol. The molecule has 0 spiro atoms. The van der Waals surface area contributed by atoms with Crippen LogP contribution in [-0.2, 0) is 21.4 Å². The van der Waals surface area contributed by atoms with Crippen molar-refractivity contribution in [1.82, 2.24) is 9.97 Å². The molecule has 2 fully saturated rings. The molecular formula is C19H24N2O3. The van der Waals surface area contributed by atoms with Gasteiger partial charge in [-0.1, -0.05) is 13.8 Å². The summed E-state index contributed by atoms with van der Waals surface area (Å²) < 4.78 is 5.57. The van der Waals surface area contributed by atoms with Gasteiger partial charge in [0.15, 0.2) is 0 Å². The molecule has 24 heavy (non-hydrogen) atoms. The van der Waals surface area contributed by atoms with Gasteiger partial charge in [0.25, 0.3) is 0 Å². The first kappa shape index (κ1) is 15.7. The van der Waals surface area contributed by atoms with Crippen LogP contribution in [0.15, 0.2) is 0 Å². The number of aldehydes is 1. The molecule has 0 amide bonds. The van der Waals surface area contributed by atoms with Crippen molar-refractivity contribution in [3.8, 4) is 5.88 Å². The van der Waals surface area contributed by atoms with Gasteiger partial charge in [-0.15, -0.1) is 0 Å². The van der Waals surface area contributed by atoms with Crippen LogP contribution in [-0.4, -0.2) is 29.1 Å². The van der Waals surface area contributed by atoms with Crippen molar-refractivity contribution >= 4 is 12.1 Å². The van der Waals surface area contributed by atoms with Crippen LogP contribution in [0.25, 0.3) is 0 Å². The molecule has 128 valence electrons. The molecule has 4 atom stereocenters. The third-order valence-corrected chi connectivity index (χ3v) is 6.41. The van der Waals surface area contributed by atoms with Gasteiger partial charge < -0.3 is 9.53 Å². The van der Waals surface area contributed by atoms with Crippen molar-refractivity contribution in [3.63, 3.8) is 0 Å². The number of methoxy groups -OCH3 is 1. The number of fused-ring (bicyclic) bond motifs is 3. The summed E-state index contributed by atoms with van der Waals surface area (Å²) in [6.07, 6.45) is 5.41. The maximum Gasteiger partial charge on any atom is 0.219 e. The first-order chi connectivity index (χ1) is 11.5. The number of nitrogens with zero attached hydrogens (tertiary/aromatic N) is 2. The van der Waals surface area contributed by atoms with Crippen LogP contribution < -0.4 is 4.74 Å². The normalized spacial score (nSPS) is 35.1. The van der Waals surface area contributed by atoms with E-state index in [-0.39, 0.29) is 23.0 Å². The van der Waals surface area contributed by atoms with Crippen LogP contribution in [0.3, 0.4) is 0 Å². The van der Waals surface area contributed by atoms with Crippen molar-refractivity contribution in [1.29, 1.82) is 0 Å². The summed E-state index contributed by atoms with van der Waals surface area (Å²) in [6, 6.07) is 0. The van der Waals surface area contributed by atoms with Crippen LogP contribution in [0.2, 0.25) is 0 Å². The quantitative estimate of drug-likeness (QED) is 0.630. The zero-order valence-electron chi connectivity index (χ0n) is 14.5. The molecule has 5 heteroatoms. The van der Waals surface area contributed by atoms with E-state index in [9.17, 15) is 9.59 Å². The number of hydrogen-bond donors (Lipinski definition) is 0.